The van der Waals surface area contributed by atoms with Crippen LogP contribution < -0.4 is 5.32 Å². The van der Waals surface area contributed by atoms with E-state index in [2.05, 4.69) is 5.32 Å². The lowest BCUT2D eigenvalue weighted by atomic mass is 10.1. The minimum absolute atomic E-state index is 0.0174. The molecule has 2 N–H and O–H groups in total. The fourth-order valence-corrected chi connectivity index (χ4v) is 2.66. The van der Waals surface area contributed by atoms with E-state index in [1.54, 1.807) is 4.90 Å². The number of nitrogens with one attached hydrogen (secondary N) is 1. The minimum atomic E-state index is -0.878. The molecule has 1 aliphatic rings. The van der Waals surface area contributed by atoms with Gasteiger partial charge in [-0.05, 0) is 25.3 Å². The molecule has 1 aromatic rings. The first-order chi connectivity index (χ1) is 11.0. The number of nitrogens with zero attached hydrogens (tertiary/aromatic N) is 1. The van der Waals surface area contributed by atoms with Gasteiger partial charge < -0.3 is 15.3 Å². The number of likely N-dealkylation sites (tertiary alicyclic amines) is 1. The van der Waals surface area contributed by atoms with Crippen LogP contribution in [0.3, 0.4) is 0 Å². The van der Waals surface area contributed by atoms with Gasteiger partial charge >= 0.3 is 5.97 Å². The number of aryl methyl sites for hydroxylation is 1. The molecule has 2 rings (SSSR count). The Balaban J connectivity index is 1.91. The number of aliphatic carboxylic acids is 1. The van der Waals surface area contributed by atoms with Gasteiger partial charge in [-0.3, -0.25) is 14.4 Å². The number of carbonyl (C=O) groups is 3. The van der Waals surface area contributed by atoms with Gasteiger partial charge in [0, 0.05) is 25.9 Å². The Kier molecular flexibility index (Phi) is 5.73. The first kappa shape index (κ1) is 17.0. The first-order valence-corrected chi connectivity index (χ1v) is 7.82. The van der Waals surface area contributed by atoms with Crippen molar-refractivity contribution in [3.8, 4) is 0 Å². The van der Waals surface area contributed by atoms with Gasteiger partial charge in [0.25, 0.3) is 0 Å². The average molecular weight is 318 g/mol. The highest BCUT2D eigenvalue weighted by Crippen LogP contribution is 2.22. The van der Waals surface area contributed by atoms with Crippen LogP contribution in [0.2, 0.25) is 0 Å². The van der Waals surface area contributed by atoms with Crippen LogP contribution >= 0.6 is 0 Å². The van der Waals surface area contributed by atoms with Gasteiger partial charge in [0.1, 0.15) is 6.04 Å². The van der Waals surface area contributed by atoms with Crippen molar-refractivity contribution in [3.63, 3.8) is 0 Å². The molecule has 1 heterocycles. The predicted molar refractivity (Wildman–Crippen MR) is 84.6 cm³/mol. The molecule has 1 atom stereocenters. The largest absolute Gasteiger partial charge is 0.481 e. The Bertz CT molecular complexity index is 583. The second kappa shape index (κ2) is 7.76. The Morgan fingerprint density at radius 2 is 2.00 bits per heavy atom. The van der Waals surface area contributed by atoms with Crippen molar-refractivity contribution in [2.24, 2.45) is 0 Å². The molecule has 0 spiro atoms. The number of hydrogen-bond acceptors (Lipinski definition) is 3. The van der Waals surface area contributed by atoms with Gasteiger partial charge in [0.2, 0.25) is 11.8 Å². The van der Waals surface area contributed by atoms with E-state index in [9.17, 15) is 14.4 Å². The molecule has 6 nitrogen and oxygen atoms in total. The van der Waals surface area contributed by atoms with Crippen molar-refractivity contribution < 1.29 is 19.5 Å². The molecule has 124 valence electrons. The fraction of sp³-hybridized carbons (Fsp3) is 0.471. The van der Waals surface area contributed by atoms with E-state index in [0.717, 1.165) is 11.1 Å². The van der Waals surface area contributed by atoms with Crippen molar-refractivity contribution in [2.45, 2.75) is 45.2 Å². The molecular formula is C17H22N2O4. The molecule has 0 aliphatic carbocycles. The molecule has 1 saturated heterocycles. The molecule has 2 amide bonds. The van der Waals surface area contributed by atoms with E-state index in [0.29, 0.717) is 32.4 Å². The predicted octanol–water partition coefficient (Wildman–Crippen LogP) is 1.47. The molecule has 1 unspecified atom stereocenters. The summed E-state index contributed by atoms with van der Waals surface area (Å²) >= 11 is 0. The zero-order valence-corrected chi connectivity index (χ0v) is 13.2. The van der Waals surface area contributed by atoms with Gasteiger partial charge in [0.05, 0.1) is 0 Å². The van der Waals surface area contributed by atoms with Crippen molar-refractivity contribution in [3.05, 3.63) is 35.4 Å². The van der Waals surface area contributed by atoms with Crippen LogP contribution in [0.15, 0.2) is 24.3 Å². The first-order valence-electron chi connectivity index (χ1n) is 7.82. The molecule has 0 radical (unpaired) electrons. The average Bonchev–Trinajstić information content (AvgIpc) is 2.87. The topological polar surface area (TPSA) is 86.7 Å². The second-order valence-corrected chi connectivity index (χ2v) is 5.85. The van der Waals surface area contributed by atoms with E-state index < -0.39 is 12.0 Å². The Morgan fingerprint density at radius 3 is 2.65 bits per heavy atom. The quantitative estimate of drug-likeness (QED) is 0.745. The van der Waals surface area contributed by atoms with Crippen LogP contribution in [0.5, 0.6) is 0 Å². The summed E-state index contributed by atoms with van der Waals surface area (Å²) in [7, 11) is 0. The molecule has 1 fully saturated rings. The summed E-state index contributed by atoms with van der Waals surface area (Å²) in [6.07, 6.45) is 1.30. The maximum atomic E-state index is 12.2. The normalized spacial score (nSPS) is 17.3. The third-order valence-corrected chi connectivity index (χ3v) is 3.97. The van der Waals surface area contributed by atoms with Gasteiger partial charge in [0.15, 0.2) is 0 Å². The molecule has 6 heteroatoms. The van der Waals surface area contributed by atoms with E-state index in [-0.39, 0.29) is 18.2 Å². The van der Waals surface area contributed by atoms with Crippen molar-refractivity contribution in [1.82, 2.24) is 10.2 Å². The third kappa shape index (κ3) is 4.81. The SMILES string of the molecule is Cc1ccc(CN2C(=O)CCC2C(=O)NCCCC(=O)O)cc1. The smallest absolute Gasteiger partial charge is 0.303 e. The van der Waals surface area contributed by atoms with Crippen LogP contribution in [0.4, 0.5) is 0 Å². The lowest BCUT2D eigenvalue weighted by Gasteiger charge is -2.24. The minimum Gasteiger partial charge on any atom is -0.481 e. The number of rotatable bonds is 7. The Labute approximate surface area is 135 Å². The lowest BCUT2D eigenvalue weighted by Crippen LogP contribution is -2.44. The standard InChI is InChI=1S/C17H22N2O4/c1-12-4-6-13(7-5-12)11-19-14(8-9-15(19)20)17(23)18-10-2-3-16(21)22/h4-7,14H,2-3,8-11H2,1H3,(H,18,23)(H,21,22). The van der Waals surface area contributed by atoms with Crippen LogP contribution in [0.25, 0.3) is 0 Å². The maximum Gasteiger partial charge on any atom is 0.303 e. The monoisotopic (exact) mass is 318 g/mol. The molecule has 23 heavy (non-hydrogen) atoms. The van der Waals surface area contributed by atoms with Gasteiger partial charge in [-0.1, -0.05) is 29.8 Å². The number of benzene rings is 1. The zero-order valence-electron chi connectivity index (χ0n) is 13.2. The number of amides is 2. The van der Waals surface area contributed by atoms with Crippen LogP contribution in [-0.2, 0) is 20.9 Å². The van der Waals surface area contributed by atoms with E-state index in [4.69, 9.17) is 5.11 Å². The summed E-state index contributed by atoms with van der Waals surface area (Å²) in [5.74, 6) is -1.10. The van der Waals surface area contributed by atoms with Crippen molar-refractivity contribution in [1.29, 1.82) is 0 Å². The Hall–Kier alpha value is -2.37. The van der Waals surface area contributed by atoms with Gasteiger partial charge in [-0.2, -0.15) is 0 Å². The molecule has 0 aromatic heterocycles. The number of hydrogen-bond donors (Lipinski definition) is 2. The number of carbonyl (C=O) groups excluding carboxylic acids is 2. The summed E-state index contributed by atoms with van der Waals surface area (Å²) in [5, 5.41) is 11.3. The summed E-state index contributed by atoms with van der Waals surface area (Å²) < 4.78 is 0. The van der Waals surface area contributed by atoms with E-state index in [1.165, 1.54) is 0 Å². The summed E-state index contributed by atoms with van der Waals surface area (Å²) in [6.45, 7) is 2.73. The molecule has 0 bridgehead atoms. The lowest BCUT2D eigenvalue weighted by molar-refractivity contribution is -0.137. The highest BCUT2D eigenvalue weighted by Gasteiger charge is 2.35. The van der Waals surface area contributed by atoms with E-state index in [1.807, 2.05) is 31.2 Å². The van der Waals surface area contributed by atoms with Gasteiger partial charge in [-0.15, -0.1) is 0 Å². The molecule has 1 aliphatic heterocycles. The Morgan fingerprint density at radius 1 is 1.30 bits per heavy atom. The molecule has 1 aromatic carbocycles. The zero-order chi connectivity index (χ0) is 16.8. The summed E-state index contributed by atoms with van der Waals surface area (Å²) in [5.41, 5.74) is 2.14. The highest BCUT2D eigenvalue weighted by atomic mass is 16.4. The third-order valence-electron chi connectivity index (χ3n) is 3.97. The molecule has 0 saturated carbocycles. The number of carboxylic acid groups (broad SMARTS) is 1. The summed E-state index contributed by atoms with van der Waals surface area (Å²) in [6, 6.07) is 7.42. The maximum absolute atomic E-state index is 12.2. The van der Waals surface area contributed by atoms with Crippen LogP contribution in [0.1, 0.15) is 36.8 Å². The van der Waals surface area contributed by atoms with Crippen LogP contribution in [-0.4, -0.2) is 40.4 Å². The van der Waals surface area contributed by atoms with Crippen LogP contribution in [0, 0.1) is 6.92 Å². The van der Waals surface area contributed by atoms with E-state index >= 15 is 0 Å². The molecular weight excluding hydrogens is 296 g/mol. The number of carboxylic acids is 1. The van der Waals surface area contributed by atoms with Crippen molar-refractivity contribution >= 4 is 17.8 Å². The highest BCUT2D eigenvalue weighted by molar-refractivity contribution is 5.90. The van der Waals surface area contributed by atoms with Crippen molar-refractivity contribution in [2.75, 3.05) is 6.54 Å². The second-order valence-electron chi connectivity index (χ2n) is 5.85. The summed E-state index contributed by atoms with van der Waals surface area (Å²) in [4.78, 5) is 36.4. The van der Waals surface area contributed by atoms with Gasteiger partial charge in [-0.25, -0.2) is 0 Å². The fourth-order valence-electron chi connectivity index (χ4n) is 2.66.